The van der Waals surface area contributed by atoms with Crippen molar-refractivity contribution in [3.8, 4) is 11.5 Å². The van der Waals surface area contributed by atoms with Gasteiger partial charge in [0.1, 0.15) is 17.1 Å². The van der Waals surface area contributed by atoms with E-state index < -0.39 is 11.5 Å². The number of hydrogen-bond acceptors (Lipinski definition) is 4. The number of hydrogen-bond donors (Lipinski definition) is 0. The minimum absolute atomic E-state index is 0.276. The minimum Gasteiger partial charge on any atom is -0.496 e. The van der Waals surface area contributed by atoms with E-state index in [1.165, 1.54) is 0 Å². The molecule has 0 aromatic heterocycles. The summed E-state index contributed by atoms with van der Waals surface area (Å²) in [7, 11) is 3.20. The minimum atomic E-state index is -0.507. The van der Waals surface area contributed by atoms with Crippen LogP contribution < -0.4 is 9.47 Å². The zero-order valence-electron chi connectivity index (χ0n) is 13.4. The van der Waals surface area contributed by atoms with Gasteiger partial charge in [-0.2, -0.15) is 0 Å². The summed E-state index contributed by atoms with van der Waals surface area (Å²) in [6.45, 7) is 9.30. The molecular formula is C16H24O4. The highest BCUT2D eigenvalue weighted by Crippen LogP contribution is 2.34. The smallest absolute Gasteiger partial charge is 0.313 e. The van der Waals surface area contributed by atoms with Crippen molar-refractivity contribution in [2.75, 3.05) is 14.2 Å². The van der Waals surface area contributed by atoms with Gasteiger partial charge in [0.15, 0.2) is 0 Å². The second-order valence-corrected chi connectivity index (χ2v) is 5.82. The monoisotopic (exact) mass is 280 g/mol. The third-order valence-corrected chi connectivity index (χ3v) is 2.97. The number of carbonyl (C=O) groups is 1. The van der Waals surface area contributed by atoms with Crippen LogP contribution in [0.2, 0.25) is 0 Å². The fourth-order valence-corrected chi connectivity index (χ4v) is 1.93. The molecule has 0 saturated carbocycles. The van der Waals surface area contributed by atoms with Crippen molar-refractivity contribution in [2.24, 2.45) is 0 Å². The van der Waals surface area contributed by atoms with Crippen LogP contribution in [0.25, 0.3) is 0 Å². The lowest BCUT2D eigenvalue weighted by molar-refractivity contribution is -0.156. The van der Waals surface area contributed by atoms with E-state index in [9.17, 15) is 4.79 Å². The lowest BCUT2D eigenvalue weighted by Crippen LogP contribution is -2.27. The highest BCUT2D eigenvalue weighted by Gasteiger charge is 2.26. The summed E-state index contributed by atoms with van der Waals surface area (Å²) in [6.07, 6.45) is 0. The number of carbonyl (C=O) groups excluding carboxylic acids is 1. The van der Waals surface area contributed by atoms with E-state index in [1.807, 2.05) is 39.8 Å². The lowest BCUT2D eigenvalue weighted by Gasteiger charge is -2.23. The highest BCUT2D eigenvalue weighted by molar-refractivity contribution is 5.79. The topological polar surface area (TPSA) is 44.8 Å². The molecule has 112 valence electrons. The maximum absolute atomic E-state index is 12.2. The predicted octanol–water partition coefficient (Wildman–Crippen LogP) is 3.46. The number of ether oxygens (including phenoxy) is 3. The van der Waals surface area contributed by atoms with E-state index in [1.54, 1.807) is 21.1 Å². The summed E-state index contributed by atoms with van der Waals surface area (Å²) in [4.78, 5) is 12.2. The second-order valence-electron chi connectivity index (χ2n) is 5.82. The Morgan fingerprint density at radius 2 is 1.65 bits per heavy atom. The molecule has 0 radical (unpaired) electrons. The zero-order chi connectivity index (χ0) is 15.5. The van der Waals surface area contributed by atoms with E-state index in [-0.39, 0.29) is 5.97 Å². The van der Waals surface area contributed by atoms with Gasteiger partial charge in [0.2, 0.25) is 0 Å². The molecule has 0 amide bonds. The summed E-state index contributed by atoms with van der Waals surface area (Å²) in [5, 5.41) is 0. The first-order valence-electron chi connectivity index (χ1n) is 6.65. The van der Waals surface area contributed by atoms with Gasteiger partial charge in [-0.15, -0.1) is 0 Å². The summed E-state index contributed by atoms with van der Waals surface area (Å²) in [5.74, 6) is 0.707. The van der Waals surface area contributed by atoms with Crippen LogP contribution in [-0.4, -0.2) is 25.8 Å². The predicted molar refractivity (Wildman–Crippen MR) is 78.5 cm³/mol. The standard InChI is InChI=1S/C16H24O4/c1-10-8-14(19-7)12(9-13(10)18-6)11(2)15(17)20-16(3,4)5/h8-9,11H,1-7H3. The van der Waals surface area contributed by atoms with Crippen molar-refractivity contribution in [1.82, 2.24) is 0 Å². The molecule has 4 nitrogen and oxygen atoms in total. The van der Waals surface area contributed by atoms with Gasteiger partial charge in [0.05, 0.1) is 20.1 Å². The molecule has 0 heterocycles. The third-order valence-electron chi connectivity index (χ3n) is 2.97. The second kappa shape index (κ2) is 6.16. The summed E-state index contributed by atoms with van der Waals surface area (Å²) in [5.41, 5.74) is 1.22. The molecule has 0 aliphatic heterocycles. The van der Waals surface area contributed by atoms with Crippen LogP contribution in [0, 0.1) is 6.92 Å². The molecule has 1 atom stereocenters. The molecule has 0 aliphatic carbocycles. The van der Waals surface area contributed by atoms with Crippen LogP contribution in [0.15, 0.2) is 12.1 Å². The van der Waals surface area contributed by atoms with Gasteiger partial charge in [-0.1, -0.05) is 0 Å². The molecule has 1 aromatic carbocycles. The van der Waals surface area contributed by atoms with Gasteiger partial charge in [-0.05, 0) is 52.3 Å². The van der Waals surface area contributed by atoms with Crippen LogP contribution in [0.5, 0.6) is 11.5 Å². The molecule has 20 heavy (non-hydrogen) atoms. The molecule has 0 fully saturated rings. The largest absolute Gasteiger partial charge is 0.496 e. The number of methoxy groups -OCH3 is 2. The first-order valence-corrected chi connectivity index (χ1v) is 6.65. The summed E-state index contributed by atoms with van der Waals surface area (Å²) in [6, 6.07) is 3.71. The van der Waals surface area contributed by atoms with Crippen LogP contribution in [0.1, 0.15) is 44.7 Å². The molecular weight excluding hydrogens is 256 g/mol. The summed E-state index contributed by atoms with van der Waals surface area (Å²) >= 11 is 0. The van der Waals surface area contributed by atoms with Gasteiger partial charge in [0, 0.05) is 5.56 Å². The van der Waals surface area contributed by atoms with Gasteiger partial charge in [-0.25, -0.2) is 0 Å². The van der Waals surface area contributed by atoms with Crippen LogP contribution in [-0.2, 0) is 9.53 Å². The zero-order valence-corrected chi connectivity index (χ0v) is 13.4. The van der Waals surface area contributed by atoms with Crippen LogP contribution in [0.4, 0.5) is 0 Å². The maximum Gasteiger partial charge on any atom is 0.313 e. The van der Waals surface area contributed by atoms with Crippen molar-refractivity contribution in [2.45, 2.75) is 46.1 Å². The molecule has 0 saturated heterocycles. The van der Waals surface area contributed by atoms with Crippen LogP contribution in [0.3, 0.4) is 0 Å². The van der Waals surface area contributed by atoms with E-state index in [4.69, 9.17) is 14.2 Å². The molecule has 4 heteroatoms. The van der Waals surface area contributed by atoms with E-state index in [2.05, 4.69) is 0 Å². The maximum atomic E-state index is 12.2. The number of benzene rings is 1. The Bertz CT molecular complexity index is 486. The molecule has 0 bridgehead atoms. The van der Waals surface area contributed by atoms with Gasteiger partial charge in [0.25, 0.3) is 0 Å². The Morgan fingerprint density at radius 3 is 2.10 bits per heavy atom. The SMILES string of the molecule is COc1cc(C(C)C(=O)OC(C)(C)C)c(OC)cc1C. The molecule has 0 spiro atoms. The molecule has 0 N–H and O–H groups in total. The van der Waals surface area contributed by atoms with E-state index in [0.29, 0.717) is 5.75 Å². The first kappa shape index (κ1) is 16.3. The molecule has 1 unspecified atom stereocenters. The Hall–Kier alpha value is -1.71. The molecule has 1 rings (SSSR count). The van der Waals surface area contributed by atoms with Crippen molar-refractivity contribution < 1.29 is 19.0 Å². The van der Waals surface area contributed by atoms with Crippen molar-refractivity contribution in [3.63, 3.8) is 0 Å². The molecule has 0 aliphatic rings. The number of rotatable bonds is 4. The van der Waals surface area contributed by atoms with Crippen molar-refractivity contribution >= 4 is 5.97 Å². The Balaban J connectivity index is 3.14. The van der Waals surface area contributed by atoms with Gasteiger partial charge < -0.3 is 14.2 Å². The van der Waals surface area contributed by atoms with Gasteiger partial charge >= 0.3 is 5.97 Å². The Kier molecular flexibility index (Phi) is 5.03. The lowest BCUT2D eigenvalue weighted by atomic mass is 9.97. The molecule has 1 aromatic rings. The van der Waals surface area contributed by atoms with E-state index >= 15 is 0 Å². The van der Waals surface area contributed by atoms with Crippen molar-refractivity contribution in [1.29, 1.82) is 0 Å². The summed E-state index contributed by atoms with van der Waals surface area (Å²) < 4.78 is 16.1. The Labute approximate surface area is 121 Å². The first-order chi connectivity index (χ1) is 9.19. The quantitative estimate of drug-likeness (QED) is 0.792. The number of aryl methyl sites for hydroxylation is 1. The van der Waals surface area contributed by atoms with E-state index in [0.717, 1.165) is 16.9 Å². The fourth-order valence-electron chi connectivity index (χ4n) is 1.93. The van der Waals surface area contributed by atoms with Gasteiger partial charge in [-0.3, -0.25) is 4.79 Å². The Morgan fingerprint density at radius 1 is 1.10 bits per heavy atom. The normalized spacial score (nSPS) is 12.8. The average Bonchev–Trinajstić information content (AvgIpc) is 2.35. The van der Waals surface area contributed by atoms with Crippen molar-refractivity contribution in [3.05, 3.63) is 23.3 Å². The average molecular weight is 280 g/mol. The fraction of sp³-hybridized carbons (Fsp3) is 0.562. The third kappa shape index (κ3) is 3.89. The van der Waals surface area contributed by atoms with Crippen LogP contribution >= 0.6 is 0 Å². The highest BCUT2D eigenvalue weighted by atomic mass is 16.6. The number of esters is 1.